The van der Waals surface area contributed by atoms with Crippen molar-refractivity contribution in [3.63, 3.8) is 0 Å². The number of hydrogen-bond acceptors (Lipinski definition) is 5. The minimum atomic E-state index is -0.294. The summed E-state index contributed by atoms with van der Waals surface area (Å²) in [5.41, 5.74) is 3.68. The Balaban J connectivity index is 1.35. The van der Waals surface area contributed by atoms with Crippen LogP contribution < -0.4 is 5.32 Å². The summed E-state index contributed by atoms with van der Waals surface area (Å²) in [6, 6.07) is 6.31. The predicted octanol–water partition coefficient (Wildman–Crippen LogP) is 2.94. The summed E-state index contributed by atoms with van der Waals surface area (Å²) < 4.78 is 1.84. The van der Waals surface area contributed by atoms with Crippen molar-refractivity contribution < 1.29 is 4.79 Å². The van der Waals surface area contributed by atoms with Gasteiger partial charge in [0.2, 0.25) is 11.9 Å². The molecule has 1 fully saturated rings. The Morgan fingerprint density at radius 3 is 2.97 bits per heavy atom. The molecule has 0 atom stereocenters. The minimum Gasteiger partial charge on any atom is -0.351 e. The highest BCUT2D eigenvalue weighted by Gasteiger charge is 2.47. The van der Waals surface area contributed by atoms with E-state index in [2.05, 4.69) is 31.4 Å². The van der Waals surface area contributed by atoms with Crippen LogP contribution in [0.5, 0.6) is 0 Å². The van der Waals surface area contributed by atoms with E-state index in [1.807, 2.05) is 42.2 Å². The number of fused-ring (bicyclic) bond motifs is 2. The third kappa shape index (κ3) is 2.91. The van der Waals surface area contributed by atoms with Crippen LogP contribution in [0.15, 0.2) is 43.0 Å². The zero-order chi connectivity index (χ0) is 20.2. The fraction of sp³-hybridized carbons (Fsp3) is 0.333. The highest BCUT2D eigenvalue weighted by Crippen LogP contribution is 2.43. The fourth-order valence-corrected chi connectivity index (χ4v) is 4.33. The average Bonchev–Trinajstić information content (AvgIpc) is 3.31. The first-order valence-corrected chi connectivity index (χ1v) is 9.69. The van der Waals surface area contributed by atoms with Gasteiger partial charge in [0.15, 0.2) is 0 Å². The topological polar surface area (TPSA) is 91.2 Å². The van der Waals surface area contributed by atoms with Crippen molar-refractivity contribution >= 4 is 28.4 Å². The molecule has 0 saturated heterocycles. The van der Waals surface area contributed by atoms with E-state index in [1.165, 1.54) is 0 Å². The lowest BCUT2D eigenvalue weighted by molar-refractivity contribution is -0.143. The van der Waals surface area contributed by atoms with Crippen LogP contribution in [0.2, 0.25) is 0 Å². The second-order valence-corrected chi connectivity index (χ2v) is 8.28. The van der Waals surface area contributed by atoms with E-state index in [0.29, 0.717) is 5.95 Å². The molecule has 8 heteroatoms. The van der Waals surface area contributed by atoms with E-state index in [-0.39, 0.29) is 17.4 Å². The van der Waals surface area contributed by atoms with Crippen molar-refractivity contribution in [1.82, 2.24) is 29.5 Å². The number of carbonyl (C=O) groups is 1. The second kappa shape index (κ2) is 6.30. The van der Waals surface area contributed by atoms with Crippen LogP contribution in [-0.4, -0.2) is 55.5 Å². The number of carbonyl (C=O) groups excluding carboxylic acids is 1. The van der Waals surface area contributed by atoms with Crippen LogP contribution >= 0.6 is 0 Å². The Hall–Kier alpha value is -3.42. The van der Waals surface area contributed by atoms with E-state index < -0.39 is 0 Å². The van der Waals surface area contributed by atoms with Gasteiger partial charge in [0.1, 0.15) is 5.65 Å². The van der Waals surface area contributed by atoms with E-state index in [4.69, 9.17) is 0 Å². The molecule has 1 aliphatic carbocycles. The van der Waals surface area contributed by atoms with Crippen molar-refractivity contribution in [3.05, 3.63) is 43.0 Å². The maximum absolute atomic E-state index is 12.3. The Morgan fingerprint density at radius 2 is 2.17 bits per heavy atom. The van der Waals surface area contributed by atoms with Crippen molar-refractivity contribution in [2.45, 2.75) is 25.8 Å². The van der Waals surface area contributed by atoms with E-state index in [1.54, 1.807) is 25.2 Å². The molecule has 0 aromatic carbocycles. The quantitative estimate of drug-likeness (QED) is 0.560. The summed E-state index contributed by atoms with van der Waals surface area (Å²) in [6.07, 6.45) is 9.11. The molecule has 5 rings (SSSR count). The molecule has 4 aromatic heterocycles. The number of pyridine rings is 1. The lowest BCUT2D eigenvalue weighted by atomic mass is 9.66. The maximum Gasteiger partial charge on any atom is 0.228 e. The first-order chi connectivity index (χ1) is 13.9. The standard InChI is InChI=1S/C21H23N7O/c1-21(19(29)27(2)3)9-14(10-21)25-20-23-12-17-16(11-22-18(17)26-20)13-5-7-28-15(8-13)4-6-24-28/h4-8,11-12,14H,9-10H2,1-3H3,(H2,22,23,25,26). The van der Waals surface area contributed by atoms with Gasteiger partial charge in [-0.25, -0.2) is 9.50 Å². The molecule has 0 radical (unpaired) electrons. The van der Waals surface area contributed by atoms with Gasteiger partial charge < -0.3 is 15.2 Å². The molecule has 1 aliphatic rings. The first kappa shape index (κ1) is 17.7. The Labute approximate surface area is 168 Å². The molecule has 1 amide bonds. The SMILES string of the molecule is CN(C)C(=O)C1(C)CC(Nc2ncc3c(-c4ccn5nccc5c4)c[nH]c3n2)C1. The molecule has 148 valence electrons. The van der Waals surface area contributed by atoms with Crippen LogP contribution in [0.4, 0.5) is 5.95 Å². The van der Waals surface area contributed by atoms with E-state index >= 15 is 0 Å². The van der Waals surface area contributed by atoms with Crippen molar-refractivity contribution in [3.8, 4) is 11.1 Å². The van der Waals surface area contributed by atoms with E-state index in [0.717, 1.165) is 40.5 Å². The number of rotatable bonds is 4. The molecular formula is C21H23N7O. The lowest BCUT2D eigenvalue weighted by Crippen LogP contribution is -2.52. The van der Waals surface area contributed by atoms with Crippen LogP contribution in [-0.2, 0) is 4.79 Å². The van der Waals surface area contributed by atoms with Gasteiger partial charge in [-0.2, -0.15) is 10.1 Å². The second-order valence-electron chi connectivity index (χ2n) is 8.28. The molecule has 0 spiro atoms. The Bertz CT molecular complexity index is 1220. The number of hydrogen-bond donors (Lipinski definition) is 2. The zero-order valence-corrected chi connectivity index (χ0v) is 16.7. The fourth-order valence-electron chi connectivity index (χ4n) is 4.33. The molecule has 29 heavy (non-hydrogen) atoms. The number of amides is 1. The molecule has 4 aromatic rings. The van der Waals surface area contributed by atoms with Gasteiger partial charge in [-0.1, -0.05) is 6.92 Å². The van der Waals surface area contributed by atoms with Crippen molar-refractivity contribution in [1.29, 1.82) is 0 Å². The number of aromatic amines is 1. The molecule has 2 N–H and O–H groups in total. The summed E-state index contributed by atoms with van der Waals surface area (Å²) in [7, 11) is 3.61. The van der Waals surface area contributed by atoms with Gasteiger partial charge in [0.25, 0.3) is 0 Å². The zero-order valence-electron chi connectivity index (χ0n) is 16.7. The summed E-state index contributed by atoms with van der Waals surface area (Å²) in [4.78, 5) is 26.3. The molecule has 0 unspecified atom stereocenters. The molecule has 8 nitrogen and oxygen atoms in total. The summed E-state index contributed by atoms with van der Waals surface area (Å²) in [5, 5.41) is 8.58. The third-order valence-electron chi connectivity index (χ3n) is 5.79. The predicted molar refractivity (Wildman–Crippen MR) is 112 cm³/mol. The van der Waals surface area contributed by atoms with Gasteiger partial charge in [-0.05, 0) is 36.6 Å². The Morgan fingerprint density at radius 1 is 1.34 bits per heavy atom. The number of H-pyrrole nitrogens is 1. The minimum absolute atomic E-state index is 0.177. The monoisotopic (exact) mass is 389 g/mol. The number of nitrogens with zero attached hydrogens (tertiary/aromatic N) is 5. The van der Waals surface area contributed by atoms with Crippen LogP contribution in [0.25, 0.3) is 27.7 Å². The third-order valence-corrected chi connectivity index (χ3v) is 5.79. The highest BCUT2D eigenvalue weighted by molar-refractivity contribution is 5.94. The first-order valence-electron chi connectivity index (χ1n) is 9.69. The highest BCUT2D eigenvalue weighted by atomic mass is 16.2. The summed E-state index contributed by atoms with van der Waals surface area (Å²) in [6.45, 7) is 2.02. The van der Waals surface area contributed by atoms with Crippen LogP contribution in [0, 0.1) is 5.41 Å². The molecule has 0 bridgehead atoms. The largest absolute Gasteiger partial charge is 0.351 e. The van der Waals surface area contributed by atoms with Crippen molar-refractivity contribution in [2.75, 3.05) is 19.4 Å². The number of aromatic nitrogens is 5. The molecule has 1 saturated carbocycles. The van der Waals surface area contributed by atoms with E-state index in [9.17, 15) is 4.79 Å². The van der Waals surface area contributed by atoms with Crippen LogP contribution in [0.3, 0.4) is 0 Å². The maximum atomic E-state index is 12.3. The van der Waals surface area contributed by atoms with Gasteiger partial charge in [0, 0.05) is 55.9 Å². The number of anilines is 1. The molecule has 4 heterocycles. The number of nitrogens with one attached hydrogen (secondary N) is 2. The normalized spacial score (nSPS) is 21.3. The smallest absolute Gasteiger partial charge is 0.228 e. The summed E-state index contributed by atoms with van der Waals surface area (Å²) in [5.74, 6) is 0.762. The molecule has 0 aliphatic heterocycles. The summed E-state index contributed by atoms with van der Waals surface area (Å²) >= 11 is 0. The Kier molecular flexibility index (Phi) is 3.84. The lowest BCUT2D eigenvalue weighted by Gasteiger charge is -2.45. The molecular weight excluding hydrogens is 366 g/mol. The van der Waals surface area contributed by atoms with Gasteiger partial charge in [-0.15, -0.1) is 0 Å². The van der Waals surface area contributed by atoms with Crippen LogP contribution in [0.1, 0.15) is 19.8 Å². The van der Waals surface area contributed by atoms with Gasteiger partial charge in [0.05, 0.1) is 10.9 Å². The average molecular weight is 389 g/mol. The van der Waals surface area contributed by atoms with Gasteiger partial charge >= 0.3 is 0 Å². The van der Waals surface area contributed by atoms with Crippen molar-refractivity contribution in [2.24, 2.45) is 5.41 Å². The van der Waals surface area contributed by atoms with Gasteiger partial charge in [-0.3, -0.25) is 4.79 Å².